The summed E-state index contributed by atoms with van der Waals surface area (Å²) in [6.07, 6.45) is -1.28. The van der Waals surface area contributed by atoms with Crippen LogP contribution in [-0.4, -0.2) is 6.29 Å². The van der Waals surface area contributed by atoms with Gasteiger partial charge in [-0.05, 0) is 17.7 Å². The van der Waals surface area contributed by atoms with Crippen LogP contribution in [0.15, 0.2) is 24.3 Å². The Balaban J connectivity index is 2.89. The summed E-state index contributed by atoms with van der Waals surface area (Å²) in [5, 5.41) is 0.534. The summed E-state index contributed by atoms with van der Waals surface area (Å²) in [5.74, 6) is 0. The van der Waals surface area contributed by atoms with Crippen molar-refractivity contribution in [2.45, 2.75) is 6.17 Å². The van der Waals surface area contributed by atoms with E-state index in [1.54, 1.807) is 12.1 Å². The molecule has 0 spiro atoms. The second kappa shape index (κ2) is 3.49. The van der Waals surface area contributed by atoms with Gasteiger partial charge in [-0.15, -0.1) is 0 Å². The number of aldehydes is 1. The highest BCUT2D eigenvalue weighted by Gasteiger charge is 2.05. The number of carbonyl (C=O) groups excluding carboxylic acids is 1. The first-order valence-corrected chi connectivity index (χ1v) is 3.46. The molecule has 0 aliphatic rings. The predicted octanol–water partition coefficient (Wildman–Crippen LogP) is 2.55. The van der Waals surface area contributed by atoms with E-state index < -0.39 is 6.17 Å². The molecule has 0 aliphatic heterocycles. The van der Waals surface area contributed by atoms with E-state index in [1.165, 1.54) is 12.1 Å². The van der Waals surface area contributed by atoms with E-state index in [0.717, 1.165) is 0 Å². The van der Waals surface area contributed by atoms with Crippen molar-refractivity contribution in [1.29, 1.82) is 0 Å². The van der Waals surface area contributed by atoms with Crippen molar-refractivity contribution in [3.8, 4) is 0 Å². The minimum atomic E-state index is -1.53. The van der Waals surface area contributed by atoms with E-state index in [4.69, 9.17) is 11.6 Å². The zero-order valence-electron chi connectivity index (χ0n) is 5.63. The summed E-state index contributed by atoms with van der Waals surface area (Å²) in [4.78, 5) is 9.98. The molecule has 1 aromatic carbocycles. The molecule has 0 saturated carbocycles. The first-order valence-electron chi connectivity index (χ1n) is 3.09. The molecule has 0 aliphatic carbocycles. The van der Waals surface area contributed by atoms with Crippen LogP contribution in [0.1, 0.15) is 11.7 Å². The van der Waals surface area contributed by atoms with Gasteiger partial charge in [0.05, 0.1) is 0 Å². The van der Waals surface area contributed by atoms with E-state index >= 15 is 0 Å². The number of hydrogen-bond donors (Lipinski definition) is 0. The summed E-state index contributed by atoms with van der Waals surface area (Å²) in [6.45, 7) is 0. The molecule has 1 unspecified atom stereocenters. The number of carbonyl (C=O) groups is 1. The van der Waals surface area contributed by atoms with Crippen molar-refractivity contribution in [2.24, 2.45) is 0 Å². The largest absolute Gasteiger partial charge is 0.300 e. The van der Waals surface area contributed by atoms with Crippen molar-refractivity contribution >= 4 is 17.9 Å². The molecule has 0 N–H and O–H groups in total. The van der Waals surface area contributed by atoms with Crippen molar-refractivity contribution in [3.05, 3.63) is 34.9 Å². The molecule has 58 valence electrons. The molecule has 3 heteroatoms. The fraction of sp³-hybridized carbons (Fsp3) is 0.125. The van der Waals surface area contributed by atoms with E-state index in [-0.39, 0.29) is 6.29 Å². The lowest BCUT2D eigenvalue weighted by Gasteiger charge is -1.98. The molecule has 0 aromatic heterocycles. The van der Waals surface area contributed by atoms with Crippen LogP contribution in [0.4, 0.5) is 4.39 Å². The Morgan fingerprint density at radius 2 is 1.91 bits per heavy atom. The van der Waals surface area contributed by atoms with Gasteiger partial charge in [-0.25, -0.2) is 4.39 Å². The average molecular weight is 173 g/mol. The normalized spacial score (nSPS) is 12.5. The molecule has 1 rings (SSSR count). The second-order valence-corrected chi connectivity index (χ2v) is 2.53. The Labute approximate surface area is 68.8 Å². The molecule has 0 fully saturated rings. The maximum absolute atomic E-state index is 12.6. The van der Waals surface area contributed by atoms with Crippen molar-refractivity contribution in [3.63, 3.8) is 0 Å². The third-order valence-electron chi connectivity index (χ3n) is 1.31. The highest BCUT2D eigenvalue weighted by atomic mass is 35.5. The van der Waals surface area contributed by atoms with Crippen LogP contribution >= 0.6 is 11.6 Å². The third kappa shape index (κ3) is 2.02. The van der Waals surface area contributed by atoms with E-state index in [0.29, 0.717) is 10.6 Å². The Morgan fingerprint density at radius 3 is 2.36 bits per heavy atom. The van der Waals surface area contributed by atoms with Gasteiger partial charge in [0, 0.05) is 5.02 Å². The van der Waals surface area contributed by atoms with Gasteiger partial charge in [-0.3, -0.25) is 4.79 Å². The van der Waals surface area contributed by atoms with Crippen LogP contribution in [0.25, 0.3) is 0 Å². The van der Waals surface area contributed by atoms with E-state index in [2.05, 4.69) is 0 Å². The summed E-state index contributed by atoms with van der Waals surface area (Å²) in [6, 6.07) is 6.07. The Hall–Kier alpha value is -0.890. The van der Waals surface area contributed by atoms with Gasteiger partial charge in [0.15, 0.2) is 12.5 Å². The summed E-state index contributed by atoms with van der Waals surface area (Å²) in [5.41, 5.74) is 0.337. The average Bonchev–Trinajstić information content (AvgIpc) is 2.05. The lowest BCUT2D eigenvalue weighted by atomic mass is 10.1. The molecular formula is C8H6ClFO. The van der Waals surface area contributed by atoms with Crippen LogP contribution in [0.5, 0.6) is 0 Å². The fourth-order valence-corrected chi connectivity index (χ4v) is 0.851. The molecule has 0 amide bonds. The predicted molar refractivity (Wildman–Crippen MR) is 41.4 cm³/mol. The van der Waals surface area contributed by atoms with Gasteiger partial charge >= 0.3 is 0 Å². The van der Waals surface area contributed by atoms with Gasteiger partial charge in [0.25, 0.3) is 0 Å². The van der Waals surface area contributed by atoms with Crippen LogP contribution in [0.2, 0.25) is 5.02 Å². The summed E-state index contributed by atoms with van der Waals surface area (Å²) < 4.78 is 12.6. The quantitative estimate of drug-likeness (QED) is 0.627. The van der Waals surface area contributed by atoms with Crippen LogP contribution in [0.3, 0.4) is 0 Å². The number of halogens is 2. The second-order valence-electron chi connectivity index (χ2n) is 2.09. The number of rotatable bonds is 2. The van der Waals surface area contributed by atoms with Gasteiger partial charge in [0.2, 0.25) is 0 Å². The standard InChI is InChI=1S/C8H6ClFO/c9-7-3-1-6(2-4-7)8(10)5-11/h1-5,8H. The van der Waals surface area contributed by atoms with E-state index in [9.17, 15) is 9.18 Å². The van der Waals surface area contributed by atoms with Crippen LogP contribution in [-0.2, 0) is 4.79 Å². The lowest BCUT2D eigenvalue weighted by molar-refractivity contribution is -0.112. The Kier molecular flexibility index (Phi) is 2.60. The smallest absolute Gasteiger partial charge is 0.180 e. The molecule has 11 heavy (non-hydrogen) atoms. The number of benzene rings is 1. The maximum atomic E-state index is 12.6. The molecule has 0 saturated heterocycles. The van der Waals surface area contributed by atoms with Crippen LogP contribution in [0, 0.1) is 0 Å². The maximum Gasteiger partial charge on any atom is 0.180 e. The number of hydrogen-bond acceptors (Lipinski definition) is 1. The molecule has 0 bridgehead atoms. The zero-order valence-corrected chi connectivity index (χ0v) is 6.38. The van der Waals surface area contributed by atoms with Gasteiger partial charge in [-0.1, -0.05) is 23.7 Å². The van der Waals surface area contributed by atoms with Crippen molar-refractivity contribution in [1.82, 2.24) is 0 Å². The molecular weight excluding hydrogens is 167 g/mol. The highest BCUT2D eigenvalue weighted by molar-refractivity contribution is 6.30. The first-order chi connectivity index (χ1) is 5.24. The van der Waals surface area contributed by atoms with Gasteiger partial charge < -0.3 is 0 Å². The summed E-state index contributed by atoms with van der Waals surface area (Å²) >= 11 is 5.55. The number of alkyl halides is 1. The monoisotopic (exact) mass is 172 g/mol. The molecule has 0 heterocycles. The lowest BCUT2D eigenvalue weighted by Crippen LogP contribution is -1.90. The van der Waals surface area contributed by atoms with Crippen LogP contribution < -0.4 is 0 Å². The molecule has 0 radical (unpaired) electrons. The Bertz CT molecular complexity index is 245. The molecule has 1 nitrogen and oxygen atoms in total. The Morgan fingerprint density at radius 1 is 1.36 bits per heavy atom. The molecule has 1 aromatic rings. The minimum absolute atomic E-state index is 0.253. The van der Waals surface area contributed by atoms with Gasteiger partial charge in [-0.2, -0.15) is 0 Å². The summed E-state index contributed by atoms with van der Waals surface area (Å²) in [7, 11) is 0. The van der Waals surface area contributed by atoms with Crippen molar-refractivity contribution in [2.75, 3.05) is 0 Å². The van der Waals surface area contributed by atoms with E-state index in [1.807, 2.05) is 0 Å². The third-order valence-corrected chi connectivity index (χ3v) is 1.56. The SMILES string of the molecule is O=CC(F)c1ccc(Cl)cc1. The first kappa shape index (κ1) is 8.21. The van der Waals surface area contributed by atoms with Crippen molar-refractivity contribution < 1.29 is 9.18 Å². The highest BCUT2D eigenvalue weighted by Crippen LogP contribution is 2.17. The molecule has 1 atom stereocenters. The zero-order chi connectivity index (χ0) is 8.27. The minimum Gasteiger partial charge on any atom is -0.300 e. The van der Waals surface area contributed by atoms with Gasteiger partial charge in [0.1, 0.15) is 0 Å². The topological polar surface area (TPSA) is 17.1 Å². The fourth-order valence-electron chi connectivity index (χ4n) is 0.725.